The molecule has 0 spiro atoms. The third kappa shape index (κ3) is 5.97. The van der Waals surface area contributed by atoms with Gasteiger partial charge in [-0.2, -0.15) is 0 Å². The second-order valence-corrected chi connectivity index (χ2v) is 4.04. The van der Waals surface area contributed by atoms with Crippen LogP contribution in [0.3, 0.4) is 0 Å². The normalized spacial score (nSPS) is 14.9. The molecule has 2 atom stereocenters. The van der Waals surface area contributed by atoms with Gasteiger partial charge in [-0.1, -0.05) is 33.1 Å². The lowest BCUT2D eigenvalue weighted by atomic mass is 10.1. The molecule has 3 heteroatoms. The van der Waals surface area contributed by atoms with E-state index in [0.29, 0.717) is 6.54 Å². The van der Waals surface area contributed by atoms with Gasteiger partial charge in [0.25, 0.3) is 0 Å². The Balaban J connectivity index is 3.60. The maximum absolute atomic E-state index is 11.4. The molecule has 0 rings (SSSR count). The average Bonchev–Trinajstić information content (AvgIpc) is 2.16. The lowest BCUT2D eigenvalue weighted by Crippen LogP contribution is -2.38. The molecule has 0 aromatic rings. The molecule has 3 nitrogen and oxygen atoms in total. The van der Waals surface area contributed by atoms with Crippen LogP contribution in [0, 0.1) is 5.92 Å². The lowest BCUT2D eigenvalue weighted by molar-refractivity contribution is -0.124. The van der Waals surface area contributed by atoms with E-state index in [-0.39, 0.29) is 17.9 Å². The largest absolute Gasteiger partial charge is 0.353 e. The van der Waals surface area contributed by atoms with Gasteiger partial charge < -0.3 is 11.1 Å². The van der Waals surface area contributed by atoms with Crippen LogP contribution < -0.4 is 11.1 Å². The highest BCUT2D eigenvalue weighted by atomic mass is 16.1. The zero-order valence-corrected chi connectivity index (χ0v) is 9.68. The van der Waals surface area contributed by atoms with Crippen LogP contribution in [0.15, 0.2) is 0 Å². The van der Waals surface area contributed by atoms with Gasteiger partial charge in [0.05, 0.1) is 0 Å². The van der Waals surface area contributed by atoms with Gasteiger partial charge in [-0.05, 0) is 13.3 Å². The van der Waals surface area contributed by atoms with Crippen LogP contribution in [0.5, 0.6) is 0 Å². The van der Waals surface area contributed by atoms with Gasteiger partial charge in [0.15, 0.2) is 0 Å². The van der Waals surface area contributed by atoms with Crippen LogP contribution in [0.25, 0.3) is 0 Å². The van der Waals surface area contributed by atoms with E-state index in [1.54, 1.807) is 0 Å². The van der Waals surface area contributed by atoms with Gasteiger partial charge >= 0.3 is 0 Å². The minimum absolute atomic E-state index is 0.0661. The fraction of sp³-hybridized carbons (Fsp3) is 0.909. The van der Waals surface area contributed by atoms with E-state index < -0.39 is 0 Å². The molecule has 0 aromatic heterocycles. The number of hydrogen-bond donors (Lipinski definition) is 2. The summed E-state index contributed by atoms with van der Waals surface area (Å²) in [6.07, 6.45) is 4.72. The number of unbranched alkanes of at least 4 members (excludes halogenated alkanes) is 2. The van der Waals surface area contributed by atoms with E-state index in [1.165, 1.54) is 19.3 Å². The van der Waals surface area contributed by atoms with E-state index in [4.69, 9.17) is 5.73 Å². The topological polar surface area (TPSA) is 55.1 Å². The molecule has 14 heavy (non-hydrogen) atoms. The molecule has 0 heterocycles. The van der Waals surface area contributed by atoms with Crippen molar-refractivity contribution in [2.24, 2.45) is 11.7 Å². The summed E-state index contributed by atoms with van der Waals surface area (Å²) in [6, 6.07) is 0.281. The first kappa shape index (κ1) is 13.4. The minimum atomic E-state index is -0.0661. The second-order valence-electron chi connectivity index (χ2n) is 4.04. The van der Waals surface area contributed by atoms with Gasteiger partial charge in [0.2, 0.25) is 5.91 Å². The number of nitrogens with two attached hydrogens (primary N) is 1. The Bertz CT molecular complexity index is 159. The SMILES string of the molecule is CCCCCC(C)NC(=O)C(C)CN. The number of nitrogens with one attached hydrogen (secondary N) is 1. The molecule has 0 fully saturated rings. The van der Waals surface area contributed by atoms with Crippen LogP contribution in [0.4, 0.5) is 0 Å². The van der Waals surface area contributed by atoms with Crippen molar-refractivity contribution < 1.29 is 4.79 Å². The molecule has 0 saturated heterocycles. The first-order chi connectivity index (χ1) is 6.61. The Kier molecular flexibility index (Phi) is 7.48. The van der Waals surface area contributed by atoms with E-state index in [0.717, 1.165) is 6.42 Å². The first-order valence-electron chi connectivity index (χ1n) is 5.62. The lowest BCUT2D eigenvalue weighted by Gasteiger charge is -2.16. The van der Waals surface area contributed by atoms with Crippen molar-refractivity contribution in [3.8, 4) is 0 Å². The van der Waals surface area contributed by atoms with Crippen LogP contribution in [0.2, 0.25) is 0 Å². The summed E-state index contributed by atoms with van der Waals surface area (Å²) in [4.78, 5) is 11.4. The number of amides is 1. The zero-order valence-electron chi connectivity index (χ0n) is 9.68. The molecular formula is C11H24N2O. The number of carbonyl (C=O) groups excluding carboxylic acids is 1. The fourth-order valence-corrected chi connectivity index (χ4v) is 1.26. The van der Waals surface area contributed by atoms with Gasteiger partial charge in [0.1, 0.15) is 0 Å². The van der Waals surface area contributed by atoms with Crippen LogP contribution in [-0.2, 0) is 4.79 Å². The molecule has 0 aliphatic heterocycles. The van der Waals surface area contributed by atoms with E-state index >= 15 is 0 Å². The van der Waals surface area contributed by atoms with Crippen LogP contribution in [-0.4, -0.2) is 18.5 Å². The second kappa shape index (κ2) is 7.80. The van der Waals surface area contributed by atoms with Crippen molar-refractivity contribution in [3.63, 3.8) is 0 Å². The summed E-state index contributed by atoms with van der Waals surface area (Å²) in [5.41, 5.74) is 5.41. The van der Waals surface area contributed by atoms with Crippen molar-refractivity contribution in [1.82, 2.24) is 5.32 Å². The molecule has 0 radical (unpaired) electrons. The van der Waals surface area contributed by atoms with E-state index in [9.17, 15) is 4.79 Å². The van der Waals surface area contributed by atoms with Gasteiger partial charge in [-0.25, -0.2) is 0 Å². The van der Waals surface area contributed by atoms with Crippen molar-refractivity contribution in [1.29, 1.82) is 0 Å². The minimum Gasteiger partial charge on any atom is -0.353 e. The highest BCUT2D eigenvalue weighted by Crippen LogP contribution is 2.03. The highest BCUT2D eigenvalue weighted by molar-refractivity contribution is 5.78. The molecule has 2 unspecified atom stereocenters. The monoisotopic (exact) mass is 200 g/mol. The maximum atomic E-state index is 11.4. The molecule has 0 aliphatic carbocycles. The summed E-state index contributed by atoms with van der Waals surface area (Å²) in [5.74, 6) is 0.0140. The van der Waals surface area contributed by atoms with Crippen molar-refractivity contribution >= 4 is 5.91 Å². The van der Waals surface area contributed by atoms with Crippen molar-refractivity contribution in [2.45, 2.75) is 52.5 Å². The Morgan fingerprint density at radius 1 is 1.36 bits per heavy atom. The Labute approximate surface area is 87.4 Å². The summed E-state index contributed by atoms with van der Waals surface area (Å²) in [7, 11) is 0. The summed E-state index contributed by atoms with van der Waals surface area (Å²) in [5, 5.41) is 2.97. The molecule has 0 bridgehead atoms. The Hall–Kier alpha value is -0.570. The van der Waals surface area contributed by atoms with Crippen molar-refractivity contribution in [3.05, 3.63) is 0 Å². The molecule has 0 aliphatic rings. The van der Waals surface area contributed by atoms with Gasteiger partial charge in [-0.15, -0.1) is 0 Å². The van der Waals surface area contributed by atoms with Crippen molar-refractivity contribution in [2.75, 3.05) is 6.54 Å². The van der Waals surface area contributed by atoms with Crippen LogP contribution >= 0.6 is 0 Å². The Morgan fingerprint density at radius 2 is 2.00 bits per heavy atom. The first-order valence-corrected chi connectivity index (χ1v) is 5.62. The molecule has 0 saturated carbocycles. The standard InChI is InChI=1S/C11H24N2O/c1-4-5-6-7-10(3)13-11(14)9(2)8-12/h9-10H,4-8,12H2,1-3H3,(H,13,14). The zero-order chi connectivity index (χ0) is 11.0. The molecule has 3 N–H and O–H groups in total. The predicted molar refractivity (Wildman–Crippen MR) is 60.0 cm³/mol. The third-order valence-corrected chi connectivity index (χ3v) is 2.43. The summed E-state index contributed by atoms with van der Waals surface area (Å²) in [6.45, 7) is 6.51. The maximum Gasteiger partial charge on any atom is 0.224 e. The molecule has 84 valence electrons. The quantitative estimate of drug-likeness (QED) is 0.614. The van der Waals surface area contributed by atoms with E-state index in [1.807, 2.05) is 6.92 Å². The Morgan fingerprint density at radius 3 is 2.50 bits per heavy atom. The fourth-order valence-electron chi connectivity index (χ4n) is 1.26. The summed E-state index contributed by atoms with van der Waals surface area (Å²) >= 11 is 0. The predicted octanol–water partition coefficient (Wildman–Crippen LogP) is 1.67. The van der Waals surface area contributed by atoms with Gasteiger partial charge in [0, 0.05) is 18.5 Å². The number of rotatable bonds is 7. The molecule has 0 aromatic carbocycles. The summed E-state index contributed by atoms with van der Waals surface area (Å²) < 4.78 is 0. The molecule has 1 amide bonds. The number of hydrogen-bond acceptors (Lipinski definition) is 2. The molecular weight excluding hydrogens is 176 g/mol. The smallest absolute Gasteiger partial charge is 0.224 e. The number of carbonyl (C=O) groups is 1. The highest BCUT2D eigenvalue weighted by Gasteiger charge is 2.12. The van der Waals surface area contributed by atoms with E-state index in [2.05, 4.69) is 19.2 Å². The third-order valence-electron chi connectivity index (χ3n) is 2.43. The average molecular weight is 200 g/mol. The van der Waals surface area contributed by atoms with Gasteiger partial charge in [-0.3, -0.25) is 4.79 Å². The van der Waals surface area contributed by atoms with Crippen LogP contribution in [0.1, 0.15) is 46.5 Å².